The van der Waals surface area contributed by atoms with E-state index in [1.165, 1.54) is 7.05 Å². The standard InChI is InChI=1S/C13H16F2N2O6S/c1-16(7-10(14)15)12(18)8-3-2-6-17(8)24(21,22)11-5-4-9(23-11)13(19)20/h4-5,8,10H,2-3,6-7H2,1H3,(H,19,20). The Morgan fingerprint density at radius 2 is 2.12 bits per heavy atom. The third kappa shape index (κ3) is 3.56. The molecule has 1 aliphatic rings. The Hall–Kier alpha value is -2.01. The fourth-order valence-electron chi connectivity index (χ4n) is 2.52. The smallest absolute Gasteiger partial charge is 0.371 e. The third-order valence-electron chi connectivity index (χ3n) is 3.63. The Kier molecular flexibility index (Phi) is 5.23. The molecule has 2 heterocycles. The SMILES string of the molecule is CN(CC(F)F)C(=O)C1CCCN1S(=O)(=O)c1ccc(C(=O)O)o1. The summed E-state index contributed by atoms with van der Waals surface area (Å²) < 4.78 is 55.6. The van der Waals surface area contributed by atoms with Crippen molar-refractivity contribution < 1.29 is 36.3 Å². The number of hydrogen-bond acceptors (Lipinski definition) is 5. The molecule has 1 fully saturated rings. The lowest BCUT2D eigenvalue weighted by Gasteiger charge is -2.26. The molecule has 0 spiro atoms. The van der Waals surface area contributed by atoms with E-state index >= 15 is 0 Å². The van der Waals surface area contributed by atoms with E-state index in [2.05, 4.69) is 0 Å². The van der Waals surface area contributed by atoms with Crippen LogP contribution in [0.1, 0.15) is 23.4 Å². The topological polar surface area (TPSA) is 108 Å². The number of sulfonamides is 1. The zero-order chi connectivity index (χ0) is 18.1. The first-order valence-corrected chi connectivity index (χ1v) is 8.46. The highest BCUT2D eigenvalue weighted by atomic mass is 32.2. The van der Waals surface area contributed by atoms with E-state index in [1.54, 1.807) is 0 Å². The molecule has 0 aromatic carbocycles. The van der Waals surface area contributed by atoms with Gasteiger partial charge in [0.2, 0.25) is 16.8 Å². The first-order chi connectivity index (χ1) is 11.1. The number of rotatable bonds is 6. The summed E-state index contributed by atoms with van der Waals surface area (Å²) in [5.41, 5.74) is 0. The molecule has 0 aliphatic carbocycles. The second kappa shape index (κ2) is 6.85. The molecular formula is C13H16F2N2O6S. The summed E-state index contributed by atoms with van der Waals surface area (Å²) >= 11 is 0. The van der Waals surface area contributed by atoms with Gasteiger partial charge in [-0.05, 0) is 25.0 Å². The number of carbonyl (C=O) groups is 2. The van der Waals surface area contributed by atoms with Crippen LogP contribution < -0.4 is 0 Å². The Labute approximate surface area is 136 Å². The van der Waals surface area contributed by atoms with Crippen molar-refractivity contribution in [1.29, 1.82) is 0 Å². The van der Waals surface area contributed by atoms with Gasteiger partial charge in [-0.1, -0.05) is 0 Å². The number of alkyl halides is 2. The summed E-state index contributed by atoms with van der Waals surface area (Å²) in [5, 5.41) is 8.19. The Bertz CT molecular complexity index is 733. The van der Waals surface area contributed by atoms with Gasteiger partial charge in [-0.15, -0.1) is 0 Å². The number of likely N-dealkylation sites (N-methyl/N-ethyl adjacent to an activating group) is 1. The highest BCUT2D eigenvalue weighted by molar-refractivity contribution is 7.89. The maximum Gasteiger partial charge on any atom is 0.371 e. The molecule has 0 saturated carbocycles. The average Bonchev–Trinajstić information content (AvgIpc) is 3.15. The highest BCUT2D eigenvalue weighted by Crippen LogP contribution is 2.28. The number of nitrogens with zero attached hydrogens (tertiary/aromatic N) is 2. The number of hydrogen-bond donors (Lipinski definition) is 1. The molecule has 134 valence electrons. The summed E-state index contributed by atoms with van der Waals surface area (Å²) in [5.74, 6) is -2.71. The average molecular weight is 366 g/mol. The molecule has 0 bridgehead atoms. The Morgan fingerprint density at radius 3 is 2.67 bits per heavy atom. The number of carboxylic acids is 1. The van der Waals surface area contributed by atoms with Gasteiger partial charge in [-0.25, -0.2) is 22.0 Å². The largest absolute Gasteiger partial charge is 0.475 e. The molecule has 1 amide bonds. The molecule has 11 heteroatoms. The van der Waals surface area contributed by atoms with Crippen molar-refractivity contribution in [2.24, 2.45) is 0 Å². The molecule has 1 aliphatic heterocycles. The van der Waals surface area contributed by atoms with Crippen LogP contribution in [0.15, 0.2) is 21.6 Å². The van der Waals surface area contributed by atoms with Gasteiger partial charge in [0.1, 0.15) is 6.04 Å². The molecule has 1 aromatic heterocycles. The second-order valence-electron chi connectivity index (χ2n) is 5.31. The molecule has 8 nitrogen and oxygen atoms in total. The quantitative estimate of drug-likeness (QED) is 0.800. The van der Waals surface area contributed by atoms with Crippen molar-refractivity contribution in [3.05, 3.63) is 17.9 Å². The van der Waals surface area contributed by atoms with Crippen LogP contribution in [0.25, 0.3) is 0 Å². The minimum Gasteiger partial charge on any atom is -0.475 e. The van der Waals surface area contributed by atoms with Crippen LogP contribution >= 0.6 is 0 Å². The minimum atomic E-state index is -4.24. The van der Waals surface area contributed by atoms with Crippen molar-refractivity contribution in [2.75, 3.05) is 20.1 Å². The predicted octanol–water partition coefficient (Wildman–Crippen LogP) is 0.854. The van der Waals surface area contributed by atoms with Crippen molar-refractivity contribution >= 4 is 21.9 Å². The summed E-state index contributed by atoms with van der Waals surface area (Å²) in [6.07, 6.45) is -2.16. The number of halogens is 2. The van der Waals surface area contributed by atoms with Crippen LogP contribution in [0, 0.1) is 0 Å². The van der Waals surface area contributed by atoms with Gasteiger partial charge in [0.15, 0.2) is 0 Å². The fraction of sp³-hybridized carbons (Fsp3) is 0.538. The molecule has 0 radical (unpaired) electrons. The van der Waals surface area contributed by atoms with Gasteiger partial charge < -0.3 is 14.4 Å². The van der Waals surface area contributed by atoms with Gasteiger partial charge in [0.05, 0.1) is 6.54 Å². The third-order valence-corrected chi connectivity index (χ3v) is 5.41. The van der Waals surface area contributed by atoms with Crippen LogP contribution in [-0.4, -0.2) is 67.2 Å². The Balaban J connectivity index is 2.25. The van der Waals surface area contributed by atoms with Crippen LogP contribution in [0.4, 0.5) is 8.78 Å². The summed E-state index contributed by atoms with van der Waals surface area (Å²) in [7, 11) is -3.07. The zero-order valence-corrected chi connectivity index (χ0v) is 13.5. The molecule has 1 saturated heterocycles. The van der Waals surface area contributed by atoms with E-state index in [0.717, 1.165) is 21.3 Å². The number of carboxylic acid groups (broad SMARTS) is 1. The minimum absolute atomic E-state index is 0.0182. The molecule has 1 atom stereocenters. The highest BCUT2D eigenvalue weighted by Gasteiger charge is 2.42. The first kappa shape index (κ1) is 18.3. The molecule has 2 rings (SSSR count). The normalized spacial score (nSPS) is 18.9. The van der Waals surface area contributed by atoms with E-state index < -0.39 is 51.8 Å². The Morgan fingerprint density at radius 1 is 1.46 bits per heavy atom. The van der Waals surface area contributed by atoms with Crippen molar-refractivity contribution in [3.8, 4) is 0 Å². The lowest BCUT2D eigenvalue weighted by atomic mass is 10.2. The summed E-state index contributed by atoms with van der Waals surface area (Å²) in [6, 6.07) is 0.865. The lowest BCUT2D eigenvalue weighted by molar-refractivity contribution is -0.135. The molecule has 1 aromatic rings. The van der Waals surface area contributed by atoms with Gasteiger partial charge >= 0.3 is 5.97 Å². The first-order valence-electron chi connectivity index (χ1n) is 7.02. The van der Waals surface area contributed by atoms with Crippen LogP contribution in [0.2, 0.25) is 0 Å². The maximum absolute atomic E-state index is 12.6. The number of carbonyl (C=O) groups excluding carboxylic acids is 1. The lowest BCUT2D eigenvalue weighted by Crippen LogP contribution is -2.47. The van der Waals surface area contributed by atoms with Crippen molar-refractivity contribution in [3.63, 3.8) is 0 Å². The van der Waals surface area contributed by atoms with E-state index in [-0.39, 0.29) is 13.0 Å². The van der Waals surface area contributed by atoms with E-state index in [0.29, 0.717) is 6.42 Å². The van der Waals surface area contributed by atoms with Gasteiger partial charge in [-0.3, -0.25) is 4.79 Å². The van der Waals surface area contributed by atoms with E-state index in [1.807, 2.05) is 0 Å². The molecule has 24 heavy (non-hydrogen) atoms. The van der Waals surface area contributed by atoms with Gasteiger partial charge in [0.25, 0.3) is 16.4 Å². The van der Waals surface area contributed by atoms with Crippen LogP contribution in [0.5, 0.6) is 0 Å². The molecule has 1 N–H and O–H groups in total. The second-order valence-corrected chi connectivity index (χ2v) is 7.13. The van der Waals surface area contributed by atoms with Gasteiger partial charge in [-0.2, -0.15) is 4.31 Å². The summed E-state index contributed by atoms with van der Waals surface area (Å²) in [4.78, 5) is 23.8. The molecule has 1 unspecified atom stereocenters. The number of aromatic carboxylic acids is 1. The van der Waals surface area contributed by atoms with Crippen molar-refractivity contribution in [1.82, 2.24) is 9.21 Å². The zero-order valence-electron chi connectivity index (χ0n) is 12.7. The van der Waals surface area contributed by atoms with E-state index in [9.17, 15) is 26.8 Å². The van der Waals surface area contributed by atoms with Crippen LogP contribution in [-0.2, 0) is 14.8 Å². The molecular weight excluding hydrogens is 350 g/mol. The fourth-order valence-corrected chi connectivity index (χ4v) is 4.08. The van der Waals surface area contributed by atoms with Gasteiger partial charge in [0, 0.05) is 13.6 Å². The van der Waals surface area contributed by atoms with Crippen LogP contribution in [0.3, 0.4) is 0 Å². The van der Waals surface area contributed by atoms with E-state index in [4.69, 9.17) is 9.52 Å². The predicted molar refractivity (Wildman–Crippen MR) is 76.2 cm³/mol. The van der Waals surface area contributed by atoms with Crippen molar-refractivity contribution in [2.45, 2.75) is 30.4 Å². The monoisotopic (exact) mass is 366 g/mol. The number of amides is 1. The maximum atomic E-state index is 12.6. The summed E-state index contributed by atoms with van der Waals surface area (Å²) in [6.45, 7) is -0.780. The number of furan rings is 1.